The maximum absolute atomic E-state index is 12.0. The molecule has 2 fully saturated rings. The summed E-state index contributed by atoms with van der Waals surface area (Å²) in [6.07, 6.45) is 2.76. The molecule has 0 radical (unpaired) electrons. The van der Waals surface area contributed by atoms with Crippen LogP contribution < -0.4 is 0 Å². The lowest BCUT2D eigenvalue weighted by Gasteiger charge is -2.48. The van der Waals surface area contributed by atoms with Crippen LogP contribution in [0.15, 0.2) is 48.5 Å². The van der Waals surface area contributed by atoms with Crippen LogP contribution in [-0.2, 0) is 0 Å². The van der Waals surface area contributed by atoms with Gasteiger partial charge in [-0.2, -0.15) is 0 Å². The molecule has 1 heterocycles. The second kappa shape index (κ2) is 8.29. The minimum Gasteiger partial charge on any atom is -0.508 e. The van der Waals surface area contributed by atoms with E-state index in [0.717, 1.165) is 35.7 Å². The molecule has 4 rings (SSSR count). The second-order valence-electron chi connectivity index (χ2n) is 8.97. The molecule has 1 N–H and O–H groups in total. The minimum absolute atomic E-state index is 0.0157. The van der Waals surface area contributed by atoms with Crippen molar-refractivity contribution in [1.82, 2.24) is 9.80 Å². The number of carbonyl (C=O) groups excluding carboxylic acids is 1. The quantitative estimate of drug-likeness (QED) is 0.736. The van der Waals surface area contributed by atoms with Crippen molar-refractivity contribution in [2.45, 2.75) is 51.7 Å². The summed E-state index contributed by atoms with van der Waals surface area (Å²) in [5.41, 5.74) is 2.92. The number of nitrogens with zero attached hydrogens (tertiary/aromatic N) is 2. The molecule has 1 saturated heterocycles. The summed E-state index contributed by atoms with van der Waals surface area (Å²) < 4.78 is 0. The maximum Gasteiger partial charge on any atom is 0.159 e. The number of aromatic hydroxyl groups is 1. The maximum atomic E-state index is 12.0. The second-order valence-corrected chi connectivity index (χ2v) is 8.97. The number of Topliss-reactive ketones (excluding diaryl/α,β-unsaturated/α-hetero) is 1. The molecule has 154 valence electrons. The number of hydrogen-bond donors (Lipinski definition) is 1. The van der Waals surface area contributed by atoms with Gasteiger partial charge < -0.3 is 5.11 Å². The molecule has 0 spiro atoms. The third-order valence-corrected chi connectivity index (χ3v) is 6.48. The largest absolute Gasteiger partial charge is 0.508 e. The Morgan fingerprint density at radius 1 is 1.03 bits per heavy atom. The molecular weight excluding hydrogens is 360 g/mol. The zero-order valence-electron chi connectivity index (χ0n) is 17.7. The minimum atomic E-state index is 0.0157. The van der Waals surface area contributed by atoms with Crippen LogP contribution in [0.1, 0.15) is 61.1 Å². The number of hydrogen-bond acceptors (Lipinski definition) is 4. The first kappa shape index (κ1) is 20.1. The Labute approximate surface area is 174 Å². The Hall–Kier alpha value is -2.17. The van der Waals surface area contributed by atoms with Gasteiger partial charge in [0.2, 0.25) is 0 Å². The van der Waals surface area contributed by atoms with Gasteiger partial charge in [-0.1, -0.05) is 30.3 Å². The molecule has 0 bridgehead atoms. The molecule has 0 amide bonds. The van der Waals surface area contributed by atoms with E-state index in [2.05, 4.69) is 35.8 Å². The lowest BCUT2D eigenvalue weighted by atomic mass is 9.92. The van der Waals surface area contributed by atoms with E-state index in [1.54, 1.807) is 13.0 Å². The summed E-state index contributed by atoms with van der Waals surface area (Å²) >= 11 is 0. The SMILES string of the molecule is CC(=O)c1cccc([C@H](c2cccc(O)c2)N2C[C@@H](C)N(CC3CC3)C[C@@H]2C)c1. The summed E-state index contributed by atoms with van der Waals surface area (Å²) in [5.74, 6) is 1.26. The van der Waals surface area contributed by atoms with E-state index in [1.165, 1.54) is 19.4 Å². The molecule has 4 heteroatoms. The van der Waals surface area contributed by atoms with E-state index in [4.69, 9.17) is 0 Å². The van der Waals surface area contributed by atoms with E-state index in [-0.39, 0.29) is 17.6 Å². The van der Waals surface area contributed by atoms with E-state index >= 15 is 0 Å². The Kier molecular flexibility index (Phi) is 5.75. The Morgan fingerprint density at radius 2 is 1.72 bits per heavy atom. The number of piperazine rings is 1. The fraction of sp³-hybridized carbons (Fsp3) is 0.480. The normalized spacial score (nSPS) is 24.4. The molecule has 3 atom stereocenters. The third kappa shape index (κ3) is 4.54. The molecule has 1 saturated carbocycles. The van der Waals surface area contributed by atoms with Crippen LogP contribution in [0.2, 0.25) is 0 Å². The van der Waals surface area contributed by atoms with E-state index in [0.29, 0.717) is 12.1 Å². The molecule has 1 aliphatic carbocycles. The van der Waals surface area contributed by atoms with Gasteiger partial charge in [0, 0.05) is 37.3 Å². The van der Waals surface area contributed by atoms with Gasteiger partial charge in [0.1, 0.15) is 5.75 Å². The Morgan fingerprint density at radius 3 is 2.38 bits per heavy atom. The van der Waals surface area contributed by atoms with Crippen molar-refractivity contribution in [3.8, 4) is 5.75 Å². The van der Waals surface area contributed by atoms with E-state index < -0.39 is 0 Å². The number of phenolic OH excluding ortho intramolecular Hbond substituents is 1. The summed E-state index contributed by atoms with van der Waals surface area (Å²) in [4.78, 5) is 17.2. The number of carbonyl (C=O) groups is 1. The van der Waals surface area contributed by atoms with Crippen LogP contribution in [0.3, 0.4) is 0 Å². The lowest BCUT2D eigenvalue weighted by Crippen LogP contribution is -2.57. The first-order chi connectivity index (χ1) is 13.9. The molecule has 0 unspecified atom stereocenters. The van der Waals surface area contributed by atoms with Crippen molar-refractivity contribution >= 4 is 5.78 Å². The van der Waals surface area contributed by atoms with Crippen molar-refractivity contribution < 1.29 is 9.90 Å². The van der Waals surface area contributed by atoms with Gasteiger partial charge >= 0.3 is 0 Å². The highest BCUT2D eigenvalue weighted by atomic mass is 16.3. The fourth-order valence-electron chi connectivity index (χ4n) is 4.67. The molecule has 0 aromatic heterocycles. The van der Waals surface area contributed by atoms with Crippen molar-refractivity contribution in [2.75, 3.05) is 19.6 Å². The summed E-state index contributed by atoms with van der Waals surface area (Å²) in [7, 11) is 0. The third-order valence-electron chi connectivity index (χ3n) is 6.48. The predicted octanol–water partition coefficient (Wildman–Crippen LogP) is 4.49. The molecule has 1 aliphatic heterocycles. The van der Waals surface area contributed by atoms with Crippen LogP contribution in [0, 0.1) is 5.92 Å². The highest BCUT2D eigenvalue weighted by Gasteiger charge is 2.37. The van der Waals surface area contributed by atoms with Crippen molar-refractivity contribution in [2.24, 2.45) is 5.92 Å². The van der Waals surface area contributed by atoms with Crippen LogP contribution in [0.25, 0.3) is 0 Å². The lowest BCUT2D eigenvalue weighted by molar-refractivity contribution is 0.0216. The molecular formula is C25H32N2O2. The van der Waals surface area contributed by atoms with Crippen molar-refractivity contribution in [3.05, 3.63) is 65.2 Å². The van der Waals surface area contributed by atoms with Crippen molar-refractivity contribution in [1.29, 1.82) is 0 Å². The molecule has 2 aliphatic rings. The van der Waals surface area contributed by atoms with Gasteiger partial charge in [-0.3, -0.25) is 14.6 Å². The Bertz CT molecular complexity index is 877. The monoisotopic (exact) mass is 392 g/mol. The highest BCUT2D eigenvalue weighted by Crippen LogP contribution is 2.36. The number of rotatable bonds is 6. The first-order valence-electron chi connectivity index (χ1n) is 10.8. The van der Waals surface area contributed by atoms with Crippen LogP contribution >= 0.6 is 0 Å². The number of ketones is 1. The summed E-state index contributed by atoms with van der Waals surface area (Å²) in [5, 5.41) is 10.1. The first-order valence-corrected chi connectivity index (χ1v) is 10.8. The summed E-state index contributed by atoms with van der Waals surface area (Å²) in [6.45, 7) is 9.49. The van der Waals surface area contributed by atoms with Crippen LogP contribution in [0.5, 0.6) is 5.75 Å². The van der Waals surface area contributed by atoms with E-state index in [1.807, 2.05) is 30.3 Å². The zero-order chi connectivity index (χ0) is 20.5. The molecule has 2 aromatic carbocycles. The topological polar surface area (TPSA) is 43.8 Å². The highest BCUT2D eigenvalue weighted by molar-refractivity contribution is 5.94. The van der Waals surface area contributed by atoms with Gasteiger partial charge in [0.05, 0.1) is 6.04 Å². The standard InChI is InChI=1S/C25H32N2O2/c1-17-15-27(18(2)14-26(17)16-20-10-11-20)25(23-8-5-9-24(29)13-23)22-7-4-6-21(12-22)19(3)28/h4-9,12-13,17-18,20,25,29H,10-11,14-16H2,1-3H3/t17-,18+,25-/m1/s1. The molecule has 4 nitrogen and oxygen atoms in total. The number of phenols is 1. The van der Waals surface area contributed by atoms with E-state index in [9.17, 15) is 9.90 Å². The van der Waals surface area contributed by atoms with Gasteiger partial charge in [0.15, 0.2) is 5.78 Å². The van der Waals surface area contributed by atoms with Gasteiger partial charge in [-0.25, -0.2) is 0 Å². The van der Waals surface area contributed by atoms with Crippen molar-refractivity contribution in [3.63, 3.8) is 0 Å². The average Bonchev–Trinajstić information content (AvgIpc) is 3.50. The smallest absolute Gasteiger partial charge is 0.159 e. The van der Waals surface area contributed by atoms with Gasteiger partial charge in [0.25, 0.3) is 0 Å². The molecule has 29 heavy (non-hydrogen) atoms. The fourth-order valence-corrected chi connectivity index (χ4v) is 4.67. The molecule has 2 aromatic rings. The van der Waals surface area contributed by atoms with Crippen LogP contribution in [-0.4, -0.2) is 52.4 Å². The van der Waals surface area contributed by atoms with Gasteiger partial charge in [-0.05, 0) is 68.9 Å². The number of benzene rings is 2. The summed E-state index contributed by atoms with van der Waals surface area (Å²) in [6, 6.07) is 16.4. The average molecular weight is 393 g/mol. The Balaban J connectivity index is 1.68. The van der Waals surface area contributed by atoms with Crippen LogP contribution in [0.4, 0.5) is 0 Å². The van der Waals surface area contributed by atoms with Gasteiger partial charge in [-0.15, -0.1) is 0 Å². The zero-order valence-corrected chi connectivity index (χ0v) is 17.7. The predicted molar refractivity (Wildman–Crippen MR) is 116 cm³/mol.